The van der Waals surface area contributed by atoms with E-state index in [2.05, 4.69) is 5.16 Å². The van der Waals surface area contributed by atoms with Crippen LogP contribution in [0, 0.1) is 11.6 Å². The number of halogens is 2. The van der Waals surface area contributed by atoms with E-state index in [-0.39, 0.29) is 28.1 Å². The molecule has 2 heterocycles. The van der Waals surface area contributed by atoms with Gasteiger partial charge in [0.1, 0.15) is 5.82 Å². The SMILES string of the molecule is Nc1cc(-c2c(F)cc(F)c3occc23)on1. The predicted octanol–water partition coefficient (Wildman–Crippen LogP) is 2.95. The first kappa shape index (κ1) is 9.83. The van der Waals surface area contributed by atoms with Crippen molar-refractivity contribution in [2.24, 2.45) is 0 Å². The number of nitrogens with zero attached hydrogens (tertiary/aromatic N) is 1. The second-order valence-electron chi connectivity index (χ2n) is 3.49. The highest BCUT2D eigenvalue weighted by molar-refractivity contribution is 5.93. The fourth-order valence-electron chi connectivity index (χ4n) is 1.73. The van der Waals surface area contributed by atoms with Crippen molar-refractivity contribution < 1.29 is 17.7 Å². The van der Waals surface area contributed by atoms with Gasteiger partial charge in [-0.15, -0.1) is 0 Å². The Morgan fingerprint density at radius 2 is 2.00 bits per heavy atom. The van der Waals surface area contributed by atoms with Gasteiger partial charge >= 0.3 is 0 Å². The quantitative estimate of drug-likeness (QED) is 0.705. The van der Waals surface area contributed by atoms with Crippen LogP contribution < -0.4 is 5.73 Å². The molecule has 3 aromatic rings. The zero-order chi connectivity index (χ0) is 12.0. The average Bonchev–Trinajstić information content (AvgIpc) is 2.87. The molecule has 0 spiro atoms. The number of nitrogens with two attached hydrogens (primary N) is 1. The highest BCUT2D eigenvalue weighted by atomic mass is 19.1. The van der Waals surface area contributed by atoms with Crippen molar-refractivity contribution in [2.75, 3.05) is 5.73 Å². The summed E-state index contributed by atoms with van der Waals surface area (Å²) in [4.78, 5) is 0. The number of hydrogen-bond acceptors (Lipinski definition) is 4. The molecule has 0 saturated carbocycles. The van der Waals surface area contributed by atoms with Crippen molar-refractivity contribution in [3.8, 4) is 11.3 Å². The van der Waals surface area contributed by atoms with E-state index in [4.69, 9.17) is 14.7 Å². The van der Waals surface area contributed by atoms with Gasteiger partial charge in [0.05, 0.1) is 11.8 Å². The number of hydrogen-bond donors (Lipinski definition) is 1. The largest absolute Gasteiger partial charge is 0.461 e. The molecule has 0 bridgehead atoms. The van der Waals surface area contributed by atoms with E-state index in [0.717, 1.165) is 6.07 Å². The third-order valence-electron chi connectivity index (χ3n) is 2.42. The Kier molecular flexibility index (Phi) is 1.91. The highest BCUT2D eigenvalue weighted by Crippen LogP contribution is 2.34. The number of benzene rings is 1. The molecular formula is C11H6F2N2O2. The van der Waals surface area contributed by atoms with Gasteiger partial charge in [0.25, 0.3) is 0 Å². The second-order valence-corrected chi connectivity index (χ2v) is 3.49. The summed E-state index contributed by atoms with van der Waals surface area (Å²) < 4.78 is 36.9. The summed E-state index contributed by atoms with van der Waals surface area (Å²) in [6, 6.07) is 3.55. The molecule has 0 amide bonds. The summed E-state index contributed by atoms with van der Waals surface area (Å²) >= 11 is 0. The van der Waals surface area contributed by atoms with Gasteiger partial charge in [-0.3, -0.25) is 0 Å². The number of furan rings is 1. The van der Waals surface area contributed by atoms with Crippen molar-refractivity contribution in [2.45, 2.75) is 0 Å². The van der Waals surface area contributed by atoms with Crippen molar-refractivity contribution in [1.82, 2.24) is 5.16 Å². The monoisotopic (exact) mass is 236 g/mol. The van der Waals surface area contributed by atoms with E-state index in [1.165, 1.54) is 18.4 Å². The maximum absolute atomic E-state index is 13.7. The van der Waals surface area contributed by atoms with Crippen LogP contribution in [0.5, 0.6) is 0 Å². The van der Waals surface area contributed by atoms with E-state index in [1.54, 1.807) is 0 Å². The van der Waals surface area contributed by atoms with E-state index in [9.17, 15) is 8.78 Å². The van der Waals surface area contributed by atoms with Gasteiger partial charge in [-0.1, -0.05) is 5.16 Å². The molecule has 86 valence electrons. The number of fused-ring (bicyclic) bond motifs is 1. The Morgan fingerprint density at radius 3 is 2.71 bits per heavy atom. The molecule has 0 saturated heterocycles. The topological polar surface area (TPSA) is 65.2 Å². The minimum Gasteiger partial charge on any atom is -0.461 e. The second kappa shape index (κ2) is 3.31. The Labute approximate surface area is 93.6 Å². The van der Waals surface area contributed by atoms with Crippen LogP contribution in [0.2, 0.25) is 0 Å². The predicted molar refractivity (Wildman–Crippen MR) is 56.0 cm³/mol. The van der Waals surface area contributed by atoms with E-state index in [1.807, 2.05) is 0 Å². The Morgan fingerprint density at radius 1 is 1.18 bits per heavy atom. The summed E-state index contributed by atoms with van der Waals surface area (Å²) in [5, 5.41) is 3.74. The molecule has 0 unspecified atom stereocenters. The zero-order valence-electron chi connectivity index (χ0n) is 8.41. The molecule has 0 atom stereocenters. The summed E-state index contributed by atoms with van der Waals surface area (Å²) in [5.41, 5.74) is 5.44. The lowest BCUT2D eigenvalue weighted by atomic mass is 10.1. The van der Waals surface area contributed by atoms with Crippen LogP contribution in [-0.2, 0) is 0 Å². The maximum Gasteiger partial charge on any atom is 0.172 e. The fraction of sp³-hybridized carbons (Fsp3) is 0. The minimum absolute atomic E-state index is 0.0311. The normalized spacial score (nSPS) is 11.2. The molecule has 0 fully saturated rings. The smallest absolute Gasteiger partial charge is 0.172 e. The van der Waals surface area contributed by atoms with Gasteiger partial charge in [-0.25, -0.2) is 8.78 Å². The van der Waals surface area contributed by atoms with Crippen molar-refractivity contribution in [3.63, 3.8) is 0 Å². The third kappa shape index (κ3) is 1.37. The summed E-state index contributed by atoms with van der Waals surface area (Å²) in [6.45, 7) is 0. The van der Waals surface area contributed by atoms with Gasteiger partial charge < -0.3 is 14.7 Å². The molecule has 0 aliphatic heterocycles. The fourth-order valence-corrected chi connectivity index (χ4v) is 1.73. The molecule has 4 nitrogen and oxygen atoms in total. The lowest BCUT2D eigenvalue weighted by molar-refractivity contribution is 0.433. The van der Waals surface area contributed by atoms with Crippen LogP contribution in [0.3, 0.4) is 0 Å². The van der Waals surface area contributed by atoms with Crippen molar-refractivity contribution in [3.05, 3.63) is 36.1 Å². The molecule has 0 radical (unpaired) electrons. The maximum atomic E-state index is 13.7. The Hall–Kier alpha value is -2.37. The summed E-state index contributed by atoms with van der Waals surface area (Å²) in [6.07, 6.45) is 1.27. The minimum atomic E-state index is -0.765. The molecular weight excluding hydrogens is 230 g/mol. The highest BCUT2D eigenvalue weighted by Gasteiger charge is 2.19. The average molecular weight is 236 g/mol. The van der Waals surface area contributed by atoms with Crippen LogP contribution in [-0.4, -0.2) is 5.16 Å². The standard InChI is InChI=1S/C11H6F2N2O2/c12-6-3-7(13)11-5(1-2-16-11)10(6)8-4-9(14)15-17-8/h1-4H,(H2,14,15). The third-order valence-corrected chi connectivity index (χ3v) is 2.42. The first-order valence-electron chi connectivity index (χ1n) is 4.74. The van der Waals surface area contributed by atoms with Crippen LogP contribution in [0.4, 0.5) is 14.6 Å². The first-order chi connectivity index (χ1) is 8.16. The summed E-state index contributed by atoms with van der Waals surface area (Å²) in [7, 11) is 0. The summed E-state index contributed by atoms with van der Waals surface area (Å²) in [5.74, 6) is -1.27. The molecule has 3 rings (SSSR count). The Balaban J connectivity index is 2.39. The van der Waals surface area contributed by atoms with Gasteiger partial charge in [0, 0.05) is 17.5 Å². The Bertz CT molecular complexity index is 703. The molecule has 0 aliphatic rings. The molecule has 2 N–H and O–H groups in total. The van der Waals surface area contributed by atoms with Crippen molar-refractivity contribution >= 4 is 16.8 Å². The lowest BCUT2D eigenvalue weighted by Gasteiger charge is -2.00. The lowest BCUT2D eigenvalue weighted by Crippen LogP contribution is -1.87. The number of anilines is 1. The number of aromatic nitrogens is 1. The van der Waals surface area contributed by atoms with E-state index < -0.39 is 11.6 Å². The molecule has 1 aromatic carbocycles. The van der Waals surface area contributed by atoms with Crippen LogP contribution in [0.15, 0.2) is 33.4 Å². The number of rotatable bonds is 1. The molecule has 6 heteroatoms. The van der Waals surface area contributed by atoms with Gasteiger partial charge in [0.15, 0.2) is 23.0 Å². The number of nitrogen functional groups attached to an aromatic ring is 1. The van der Waals surface area contributed by atoms with Crippen LogP contribution in [0.1, 0.15) is 0 Å². The van der Waals surface area contributed by atoms with Crippen LogP contribution in [0.25, 0.3) is 22.3 Å². The molecule has 0 aliphatic carbocycles. The van der Waals surface area contributed by atoms with E-state index in [0.29, 0.717) is 0 Å². The van der Waals surface area contributed by atoms with E-state index >= 15 is 0 Å². The zero-order valence-corrected chi connectivity index (χ0v) is 8.41. The van der Waals surface area contributed by atoms with Gasteiger partial charge in [-0.05, 0) is 6.07 Å². The molecule has 17 heavy (non-hydrogen) atoms. The van der Waals surface area contributed by atoms with Gasteiger partial charge in [-0.2, -0.15) is 0 Å². The van der Waals surface area contributed by atoms with Crippen molar-refractivity contribution in [1.29, 1.82) is 0 Å². The molecule has 2 aromatic heterocycles. The van der Waals surface area contributed by atoms with Gasteiger partial charge in [0.2, 0.25) is 0 Å². The first-order valence-corrected chi connectivity index (χ1v) is 4.74. The van der Waals surface area contributed by atoms with Crippen LogP contribution >= 0.6 is 0 Å².